The monoisotopic (exact) mass is 478 g/mol. The highest BCUT2D eigenvalue weighted by atomic mass is 79.9. The topological polar surface area (TPSA) is 83.8 Å². The van der Waals surface area contributed by atoms with Gasteiger partial charge in [-0.15, -0.1) is 0 Å². The molecule has 112 valence electrons. The summed E-state index contributed by atoms with van der Waals surface area (Å²) in [6, 6.07) is 3.69. The molecule has 1 amide bonds. The van der Waals surface area contributed by atoms with E-state index in [0.29, 0.717) is 11.4 Å². The van der Waals surface area contributed by atoms with Crippen molar-refractivity contribution in [1.29, 1.82) is 0 Å². The molecule has 0 fully saturated rings. The molecule has 1 aromatic heterocycles. The third-order valence-electron chi connectivity index (χ3n) is 2.84. The number of carbonyl (C=O) groups is 1. The quantitative estimate of drug-likeness (QED) is 0.603. The molecule has 0 aliphatic rings. The summed E-state index contributed by atoms with van der Waals surface area (Å²) in [5.41, 5.74) is 7.98. The number of nitrogen functional groups attached to an aromatic ring is 1. The minimum absolute atomic E-state index is 0.208. The van der Waals surface area contributed by atoms with Crippen LogP contribution in [0.15, 0.2) is 25.6 Å². The molecule has 1 heterocycles. The molecule has 5 nitrogen and oxygen atoms in total. The summed E-state index contributed by atoms with van der Waals surface area (Å²) in [5, 5.41) is 9.62. The minimum Gasteiger partial charge on any atom is -0.395 e. The van der Waals surface area contributed by atoms with E-state index in [-0.39, 0.29) is 11.6 Å². The molecule has 0 saturated carbocycles. The maximum Gasteiger partial charge on any atom is 0.278 e. The van der Waals surface area contributed by atoms with Crippen molar-refractivity contribution in [1.82, 2.24) is 10.2 Å². The van der Waals surface area contributed by atoms with Gasteiger partial charge >= 0.3 is 0 Å². The largest absolute Gasteiger partial charge is 0.395 e. The van der Waals surface area contributed by atoms with Crippen LogP contribution >= 0.6 is 47.8 Å². The van der Waals surface area contributed by atoms with Gasteiger partial charge in [0.1, 0.15) is 0 Å². The Labute approximate surface area is 147 Å². The fraction of sp³-hybridized carbons (Fsp3) is 0.231. The first kappa shape index (κ1) is 16.5. The molecule has 21 heavy (non-hydrogen) atoms. The number of anilines is 2. The van der Waals surface area contributed by atoms with Gasteiger partial charge in [-0.3, -0.25) is 9.89 Å². The van der Waals surface area contributed by atoms with Gasteiger partial charge in [-0.1, -0.05) is 29.3 Å². The summed E-state index contributed by atoms with van der Waals surface area (Å²) >= 11 is 10.2. The standard InChI is InChI=1S/C13H13Br3N4O/c1-2-3-9-10(17)12(20-19-9)13(21)18-11-7(15)4-6(14)5-8(11)16/h4-5H,2-3,17H2,1H3,(H,18,21)(H,19,20). The Hall–Kier alpha value is -0.860. The van der Waals surface area contributed by atoms with Crippen molar-refractivity contribution in [2.24, 2.45) is 0 Å². The first-order chi connectivity index (χ1) is 9.93. The van der Waals surface area contributed by atoms with Gasteiger partial charge in [0, 0.05) is 13.4 Å². The Morgan fingerprint density at radius 3 is 2.52 bits per heavy atom. The average molecular weight is 481 g/mol. The van der Waals surface area contributed by atoms with E-state index in [2.05, 4.69) is 63.3 Å². The van der Waals surface area contributed by atoms with E-state index in [1.165, 1.54) is 0 Å². The molecule has 0 aliphatic carbocycles. The van der Waals surface area contributed by atoms with Crippen molar-refractivity contribution < 1.29 is 4.79 Å². The SMILES string of the molecule is CCCc1[nH]nc(C(=O)Nc2c(Br)cc(Br)cc2Br)c1N. The molecule has 4 N–H and O–H groups in total. The van der Waals surface area contributed by atoms with Gasteiger partial charge < -0.3 is 11.1 Å². The second-order valence-electron chi connectivity index (χ2n) is 4.41. The lowest BCUT2D eigenvalue weighted by atomic mass is 10.2. The van der Waals surface area contributed by atoms with Gasteiger partial charge in [0.2, 0.25) is 0 Å². The number of H-pyrrole nitrogens is 1. The predicted octanol–water partition coefficient (Wildman–Crippen LogP) is 4.48. The minimum atomic E-state index is -0.352. The number of aromatic nitrogens is 2. The predicted molar refractivity (Wildman–Crippen MR) is 94.5 cm³/mol. The second kappa shape index (κ2) is 6.93. The molecule has 0 bridgehead atoms. The zero-order chi connectivity index (χ0) is 15.6. The lowest BCUT2D eigenvalue weighted by Gasteiger charge is -2.09. The number of hydrogen-bond acceptors (Lipinski definition) is 3. The van der Waals surface area contributed by atoms with E-state index in [4.69, 9.17) is 5.73 Å². The normalized spacial score (nSPS) is 10.7. The molecular weight excluding hydrogens is 468 g/mol. The molecular formula is C13H13Br3N4O. The maximum atomic E-state index is 12.3. The van der Waals surface area contributed by atoms with Gasteiger partial charge in [-0.25, -0.2) is 0 Å². The number of aryl methyl sites for hydroxylation is 1. The van der Waals surface area contributed by atoms with Crippen molar-refractivity contribution in [3.63, 3.8) is 0 Å². The number of rotatable bonds is 4. The van der Waals surface area contributed by atoms with Crippen molar-refractivity contribution in [2.75, 3.05) is 11.1 Å². The number of nitrogens with one attached hydrogen (secondary N) is 2. The van der Waals surface area contributed by atoms with Crippen LogP contribution in [0.1, 0.15) is 29.5 Å². The van der Waals surface area contributed by atoms with Gasteiger partial charge in [-0.2, -0.15) is 5.10 Å². The van der Waals surface area contributed by atoms with Crippen LogP contribution in [0.2, 0.25) is 0 Å². The fourth-order valence-electron chi connectivity index (χ4n) is 1.83. The van der Waals surface area contributed by atoms with E-state index < -0.39 is 0 Å². The Bertz CT molecular complexity index is 661. The maximum absolute atomic E-state index is 12.3. The van der Waals surface area contributed by atoms with Crippen LogP contribution in [0.4, 0.5) is 11.4 Å². The average Bonchev–Trinajstić information content (AvgIpc) is 2.76. The smallest absolute Gasteiger partial charge is 0.278 e. The molecule has 8 heteroatoms. The van der Waals surface area contributed by atoms with Crippen LogP contribution in [0.3, 0.4) is 0 Å². The molecule has 2 aromatic rings. The van der Waals surface area contributed by atoms with Crippen LogP contribution in [0.5, 0.6) is 0 Å². The second-order valence-corrected chi connectivity index (χ2v) is 7.04. The highest BCUT2D eigenvalue weighted by molar-refractivity contribution is 9.11. The van der Waals surface area contributed by atoms with Crippen LogP contribution in [0, 0.1) is 0 Å². The number of amides is 1. The Kier molecular flexibility index (Phi) is 5.45. The van der Waals surface area contributed by atoms with Crippen LogP contribution < -0.4 is 11.1 Å². The Morgan fingerprint density at radius 2 is 1.95 bits per heavy atom. The number of carbonyl (C=O) groups excluding carboxylic acids is 1. The van der Waals surface area contributed by atoms with Crippen LogP contribution in [-0.2, 0) is 6.42 Å². The first-order valence-electron chi connectivity index (χ1n) is 6.22. The molecule has 0 radical (unpaired) electrons. The third kappa shape index (κ3) is 3.67. The lowest BCUT2D eigenvalue weighted by Crippen LogP contribution is -2.15. The summed E-state index contributed by atoms with van der Waals surface area (Å²) in [6.07, 6.45) is 1.69. The number of nitrogens with two attached hydrogens (primary N) is 1. The van der Waals surface area contributed by atoms with Crippen molar-refractivity contribution in [2.45, 2.75) is 19.8 Å². The van der Waals surface area contributed by atoms with E-state index in [9.17, 15) is 4.79 Å². The molecule has 0 aliphatic heterocycles. The Morgan fingerprint density at radius 1 is 1.33 bits per heavy atom. The van der Waals surface area contributed by atoms with Crippen molar-refractivity contribution >= 4 is 65.1 Å². The van der Waals surface area contributed by atoms with E-state index in [0.717, 1.165) is 32.0 Å². The van der Waals surface area contributed by atoms with Gasteiger partial charge in [0.15, 0.2) is 5.69 Å². The molecule has 0 unspecified atom stereocenters. The summed E-state index contributed by atoms with van der Waals surface area (Å²) in [6.45, 7) is 2.04. The van der Waals surface area contributed by atoms with E-state index in [1.54, 1.807) is 0 Å². The van der Waals surface area contributed by atoms with Gasteiger partial charge in [0.05, 0.1) is 17.1 Å². The van der Waals surface area contributed by atoms with Gasteiger partial charge in [-0.05, 0) is 50.4 Å². The van der Waals surface area contributed by atoms with Crippen LogP contribution in [-0.4, -0.2) is 16.1 Å². The summed E-state index contributed by atoms with van der Waals surface area (Å²) in [5.74, 6) is -0.352. The highest BCUT2D eigenvalue weighted by Crippen LogP contribution is 2.34. The summed E-state index contributed by atoms with van der Waals surface area (Å²) < 4.78 is 2.39. The van der Waals surface area contributed by atoms with Crippen molar-refractivity contribution in [3.8, 4) is 0 Å². The lowest BCUT2D eigenvalue weighted by molar-refractivity contribution is 0.102. The molecule has 0 atom stereocenters. The molecule has 2 rings (SSSR count). The summed E-state index contributed by atoms with van der Waals surface area (Å²) in [7, 11) is 0. The number of nitrogens with zero attached hydrogens (tertiary/aromatic N) is 1. The molecule has 1 aromatic carbocycles. The van der Waals surface area contributed by atoms with Crippen molar-refractivity contribution in [3.05, 3.63) is 36.9 Å². The van der Waals surface area contributed by atoms with E-state index >= 15 is 0 Å². The summed E-state index contributed by atoms with van der Waals surface area (Å²) in [4.78, 5) is 12.3. The van der Waals surface area contributed by atoms with Gasteiger partial charge in [0.25, 0.3) is 5.91 Å². The molecule has 0 saturated heterocycles. The van der Waals surface area contributed by atoms with Crippen LogP contribution in [0.25, 0.3) is 0 Å². The zero-order valence-electron chi connectivity index (χ0n) is 11.1. The number of halogens is 3. The fourth-order valence-corrected chi connectivity index (χ4v) is 4.29. The number of benzene rings is 1. The zero-order valence-corrected chi connectivity index (χ0v) is 15.9. The highest BCUT2D eigenvalue weighted by Gasteiger charge is 2.19. The van der Waals surface area contributed by atoms with E-state index in [1.807, 2.05) is 19.1 Å². The number of aromatic amines is 1. The third-order valence-corrected chi connectivity index (χ3v) is 4.55. The molecule has 0 spiro atoms. The first-order valence-corrected chi connectivity index (χ1v) is 8.60. The number of hydrogen-bond donors (Lipinski definition) is 3. The Balaban J connectivity index is 2.27.